The van der Waals surface area contributed by atoms with Crippen LogP contribution >= 0.6 is 0 Å². The SMILES string of the molecule is COC(=O)C(=O)NC(Cc1ccc2ccccc2c1)C(=O)N(C)C#N. The van der Waals surface area contributed by atoms with E-state index in [4.69, 9.17) is 5.26 Å². The molecule has 7 nitrogen and oxygen atoms in total. The van der Waals surface area contributed by atoms with Crippen molar-refractivity contribution in [3.63, 3.8) is 0 Å². The van der Waals surface area contributed by atoms with Gasteiger partial charge in [0.05, 0.1) is 7.11 Å². The van der Waals surface area contributed by atoms with Gasteiger partial charge in [0.2, 0.25) is 0 Å². The molecular formula is C18H17N3O4. The molecule has 1 N–H and O–H groups in total. The van der Waals surface area contributed by atoms with Crippen LogP contribution in [0.25, 0.3) is 10.8 Å². The minimum atomic E-state index is -1.10. The van der Waals surface area contributed by atoms with Crippen molar-refractivity contribution in [2.45, 2.75) is 12.5 Å². The van der Waals surface area contributed by atoms with Gasteiger partial charge in [0.15, 0.2) is 6.19 Å². The number of benzene rings is 2. The predicted molar refractivity (Wildman–Crippen MR) is 90.0 cm³/mol. The van der Waals surface area contributed by atoms with Crippen molar-refractivity contribution < 1.29 is 19.1 Å². The second-order valence-electron chi connectivity index (χ2n) is 5.40. The summed E-state index contributed by atoms with van der Waals surface area (Å²) < 4.78 is 4.35. The Balaban J connectivity index is 2.27. The summed E-state index contributed by atoms with van der Waals surface area (Å²) in [6.07, 6.45) is 1.83. The maximum Gasteiger partial charge on any atom is 0.396 e. The van der Waals surface area contributed by atoms with Gasteiger partial charge < -0.3 is 10.1 Å². The number of carbonyl (C=O) groups excluding carboxylic acids is 3. The Morgan fingerprint density at radius 2 is 1.88 bits per heavy atom. The molecule has 0 heterocycles. The van der Waals surface area contributed by atoms with E-state index in [9.17, 15) is 14.4 Å². The van der Waals surface area contributed by atoms with Crippen LogP contribution in [0.3, 0.4) is 0 Å². The number of amides is 2. The summed E-state index contributed by atoms with van der Waals surface area (Å²) in [5.74, 6) is -2.75. The quantitative estimate of drug-likeness (QED) is 0.387. The lowest BCUT2D eigenvalue weighted by Crippen LogP contribution is -2.49. The molecule has 0 radical (unpaired) electrons. The molecule has 0 fully saturated rings. The molecule has 2 aromatic carbocycles. The van der Waals surface area contributed by atoms with Crippen LogP contribution in [-0.4, -0.2) is 42.9 Å². The van der Waals surface area contributed by atoms with Crippen LogP contribution in [0.1, 0.15) is 5.56 Å². The first-order chi connectivity index (χ1) is 12.0. The fraction of sp³-hybridized carbons (Fsp3) is 0.222. The van der Waals surface area contributed by atoms with Gasteiger partial charge in [-0.3, -0.25) is 14.5 Å². The molecule has 7 heteroatoms. The highest BCUT2D eigenvalue weighted by molar-refractivity contribution is 6.32. The number of fused-ring (bicyclic) bond motifs is 1. The molecule has 2 rings (SSSR count). The second kappa shape index (κ2) is 7.93. The van der Waals surface area contributed by atoms with Crippen molar-refractivity contribution in [2.75, 3.05) is 14.2 Å². The molecule has 0 saturated heterocycles. The number of nitriles is 1. The highest BCUT2D eigenvalue weighted by Gasteiger charge is 2.27. The van der Waals surface area contributed by atoms with Crippen LogP contribution in [0.4, 0.5) is 0 Å². The van der Waals surface area contributed by atoms with Crippen LogP contribution in [-0.2, 0) is 25.5 Å². The van der Waals surface area contributed by atoms with E-state index in [1.807, 2.05) is 42.5 Å². The van der Waals surface area contributed by atoms with Gasteiger partial charge in [-0.05, 0) is 16.3 Å². The van der Waals surface area contributed by atoms with Crippen LogP contribution in [0, 0.1) is 11.5 Å². The summed E-state index contributed by atoms with van der Waals surface area (Å²) >= 11 is 0. The molecule has 0 spiro atoms. The first-order valence-corrected chi connectivity index (χ1v) is 7.50. The average Bonchev–Trinajstić information content (AvgIpc) is 2.65. The third-order valence-electron chi connectivity index (χ3n) is 3.71. The zero-order chi connectivity index (χ0) is 18.4. The summed E-state index contributed by atoms with van der Waals surface area (Å²) in [5.41, 5.74) is 0.786. The number of likely N-dealkylation sites (N-methyl/N-ethyl adjacent to an activating group) is 1. The van der Waals surface area contributed by atoms with Gasteiger partial charge >= 0.3 is 11.9 Å². The topological polar surface area (TPSA) is 99.5 Å². The predicted octanol–water partition coefficient (Wildman–Crippen LogP) is 0.980. The molecule has 0 aliphatic rings. The summed E-state index contributed by atoms with van der Waals surface area (Å²) in [4.78, 5) is 36.2. The van der Waals surface area contributed by atoms with E-state index in [1.54, 1.807) is 6.19 Å². The monoisotopic (exact) mass is 339 g/mol. The Bertz CT molecular complexity index is 857. The summed E-state index contributed by atoms with van der Waals surface area (Å²) in [6, 6.07) is 12.3. The standard InChI is InChI=1S/C18H17N3O4/c1-21(11-19)17(23)15(20-16(22)18(24)25-2)10-12-7-8-13-5-3-4-6-14(13)9-12/h3-9,15H,10H2,1-2H3,(H,20,22). The van der Waals surface area contributed by atoms with Crippen molar-refractivity contribution in [1.29, 1.82) is 5.26 Å². The number of rotatable bonds is 4. The Morgan fingerprint density at radius 1 is 1.20 bits per heavy atom. The molecule has 2 aromatic rings. The Hall–Kier alpha value is -3.40. The summed E-state index contributed by atoms with van der Waals surface area (Å²) in [7, 11) is 2.36. The van der Waals surface area contributed by atoms with E-state index in [-0.39, 0.29) is 6.42 Å². The van der Waals surface area contributed by atoms with Gasteiger partial charge in [-0.1, -0.05) is 42.5 Å². The number of esters is 1. The Morgan fingerprint density at radius 3 is 2.52 bits per heavy atom. The minimum Gasteiger partial charge on any atom is -0.462 e. The molecule has 1 unspecified atom stereocenters. The molecular weight excluding hydrogens is 322 g/mol. The zero-order valence-electron chi connectivity index (χ0n) is 13.9. The van der Waals surface area contributed by atoms with E-state index in [0.717, 1.165) is 28.3 Å². The molecule has 0 aromatic heterocycles. The maximum atomic E-state index is 12.3. The number of nitrogens with one attached hydrogen (secondary N) is 1. The summed E-state index contributed by atoms with van der Waals surface area (Å²) in [6.45, 7) is 0. The molecule has 0 aliphatic carbocycles. The zero-order valence-corrected chi connectivity index (χ0v) is 13.9. The number of methoxy groups -OCH3 is 1. The maximum absolute atomic E-state index is 12.3. The van der Waals surface area contributed by atoms with E-state index in [0.29, 0.717) is 0 Å². The largest absolute Gasteiger partial charge is 0.462 e. The lowest BCUT2D eigenvalue weighted by Gasteiger charge is -2.19. The summed E-state index contributed by atoms with van der Waals surface area (Å²) in [5, 5.41) is 13.3. The van der Waals surface area contributed by atoms with Gasteiger partial charge in [0.1, 0.15) is 6.04 Å². The molecule has 0 saturated carbocycles. The smallest absolute Gasteiger partial charge is 0.396 e. The lowest BCUT2D eigenvalue weighted by atomic mass is 10.0. The number of nitrogens with zero attached hydrogens (tertiary/aromatic N) is 2. The van der Waals surface area contributed by atoms with Crippen LogP contribution in [0.5, 0.6) is 0 Å². The molecule has 0 bridgehead atoms. The normalized spacial score (nSPS) is 11.2. The highest BCUT2D eigenvalue weighted by Crippen LogP contribution is 2.17. The van der Waals surface area contributed by atoms with Gasteiger partial charge in [-0.15, -0.1) is 0 Å². The third-order valence-corrected chi connectivity index (χ3v) is 3.71. The Kier molecular flexibility index (Phi) is 5.69. The van der Waals surface area contributed by atoms with Crippen LogP contribution in [0.2, 0.25) is 0 Å². The third kappa shape index (κ3) is 4.32. The van der Waals surface area contributed by atoms with Crippen molar-refractivity contribution in [1.82, 2.24) is 10.2 Å². The molecule has 2 amide bonds. The Labute approximate surface area is 144 Å². The van der Waals surface area contributed by atoms with Gasteiger partial charge in [0, 0.05) is 13.5 Å². The minimum absolute atomic E-state index is 0.137. The van der Waals surface area contributed by atoms with Crippen molar-refractivity contribution >= 4 is 28.6 Å². The fourth-order valence-corrected chi connectivity index (χ4v) is 2.39. The number of hydrogen-bond acceptors (Lipinski definition) is 5. The van der Waals surface area contributed by atoms with Crippen LogP contribution in [0.15, 0.2) is 42.5 Å². The average molecular weight is 339 g/mol. The number of ether oxygens (including phenoxy) is 1. The van der Waals surface area contributed by atoms with E-state index in [2.05, 4.69) is 10.1 Å². The van der Waals surface area contributed by atoms with E-state index >= 15 is 0 Å². The second-order valence-corrected chi connectivity index (χ2v) is 5.40. The van der Waals surface area contributed by atoms with E-state index in [1.165, 1.54) is 7.05 Å². The van der Waals surface area contributed by atoms with Crippen LogP contribution < -0.4 is 5.32 Å². The fourth-order valence-electron chi connectivity index (χ4n) is 2.39. The number of carbonyl (C=O) groups is 3. The van der Waals surface area contributed by atoms with Crippen molar-refractivity contribution in [2.24, 2.45) is 0 Å². The van der Waals surface area contributed by atoms with Gasteiger partial charge in [-0.2, -0.15) is 5.26 Å². The first-order valence-electron chi connectivity index (χ1n) is 7.50. The molecule has 128 valence electrons. The van der Waals surface area contributed by atoms with Crippen molar-refractivity contribution in [3.05, 3.63) is 48.0 Å². The lowest BCUT2D eigenvalue weighted by molar-refractivity contribution is -0.153. The molecule has 0 aliphatic heterocycles. The molecule has 25 heavy (non-hydrogen) atoms. The number of hydrogen-bond donors (Lipinski definition) is 1. The van der Waals surface area contributed by atoms with Gasteiger partial charge in [0.25, 0.3) is 5.91 Å². The first kappa shape index (κ1) is 17.9. The van der Waals surface area contributed by atoms with Crippen molar-refractivity contribution in [3.8, 4) is 6.19 Å². The van der Waals surface area contributed by atoms with Gasteiger partial charge in [-0.25, -0.2) is 4.79 Å². The van der Waals surface area contributed by atoms with E-state index < -0.39 is 23.8 Å². The molecule has 1 atom stereocenters. The highest BCUT2D eigenvalue weighted by atomic mass is 16.5.